The van der Waals surface area contributed by atoms with Crippen molar-refractivity contribution in [1.82, 2.24) is 5.32 Å². The minimum Gasteiger partial charge on any atom is -0.497 e. The van der Waals surface area contributed by atoms with Crippen LogP contribution in [0.4, 0.5) is 5.69 Å². The fourth-order valence-electron chi connectivity index (χ4n) is 3.47. The highest BCUT2D eigenvalue weighted by molar-refractivity contribution is 5.80. The van der Waals surface area contributed by atoms with Gasteiger partial charge in [-0.25, -0.2) is 0 Å². The SMILES string of the molecule is COc1ccc(-c2cc([N+](=O)[O-])ccc2OCC(=O)NC(C)c2cc3ccccc3o2)cc1. The van der Waals surface area contributed by atoms with Crippen molar-refractivity contribution in [2.24, 2.45) is 0 Å². The van der Waals surface area contributed by atoms with Gasteiger partial charge >= 0.3 is 0 Å². The Hall–Kier alpha value is -4.33. The molecule has 1 aromatic heterocycles. The molecular formula is C25H22N2O6. The number of amides is 1. The van der Waals surface area contributed by atoms with Crippen LogP contribution in [0.25, 0.3) is 22.1 Å². The molecule has 0 spiro atoms. The summed E-state index contributed by atoms with van der Waals surface area (Å²) in [5.41, 5.74) is 1.88. The predicted molar refractivity (Wildman–Crippen MR) is 123 cm³/mol. The number of ether oxygens (including phenoxy) is 2. The normalized spacial score (nSPS) is 11.7. The van der Waals surface area contributed by atoms with Gasteiger partial charge in [-0.3, -0.25) is 14.9 Å². The van der Waals surface area contributed by atoms with Gasteiger partial charge in [0.25, 0.3) is 11.6 Å². The van der Waals surface area contributed by atoms with Gasteiger partial charge in [0.05, 0.1) is 18.1 Å². The molecular weight excluding hydrogens is 424 g/mol. The number of fused-ring (bicyclic) bond motifs is 1. The van der Waals surface area contributed by atoms with Gasteiger partial charge in [-0.15, -0.1) is 0 Å². The van der Waals surface area contributed by atoms with Crippen LogP contribution in [0.1, 0.15) is 18.7 Å². The second-order valence-corrected chi connectivity index (χ2v) is 7.43. The van der Waals surface area contributed by atoms with E-state index in [1.54, 1.807) is 31.4 Å². The molecule has 0 fully saturated rings. The zero-order valence-corrected chi connectivity index (χ0v) is 18.1. The Morgan fingerprint density at radius 3 is 2.55 bits per heavy atom. The van der Waals surface area contributed by atoms with Gasteiger partial charge in [0, 0.05) is 23.1 Å². The lowest BCUT2D eigenvalue weighted by Crippen LogP contribution is -2.31. The summed E-state index contributed by atoms with van der Waals surface area (Å²) >= 11 is 0. The number of para-hydroxylation sites is 1. The number of hydrogen-bond acceptors (Lipinski definition) is 6. The topological polar surface area (TPSA) is 104 Å². The number of non-ortho nitro benzene ring substituents is 1. The summed E-state index contributed by atoms with van der Waals surface area (Å²) in [6.45, 7) is 1.57. The van der Waals surface area contributed by atoms with Crippen LogP contribution in [0.5, 0.6) is 11.5 Å². The zero-order chi connectivity index (χ0) is 23.4. The van der Waals surface area contributed by atoms with Gasteiger partial charge in [-0.05, 0) is 42.8 Å². The first kappa shape index (κ1) is 21.9. The summed E-state index contributed by atoms with van der Waals surface area (Å²) in [6, 6.07) is 20.5. The number of carbonyl (C=O) groups is 1. The quantitative estimate of drug-likeness (QED) is 0.292. The maximum Gasteiger partial charge on any atom is 0.270 e. The molecule has 1 N–H and O–H groups in total. The van der Waals surface area contributed by atoms with Crippen molar-refractivity contribution >= 4 is 22.6 Å². The number of furan rings is 1. The van der Waals surface area contributed by atoms with E-state index in [-0.39, 0.29) is 24.2 Å². The molecule has 0 aliphatic heterocycles. The third-order valence-corrected chi connectivity index (χ3v) is 5.18. The summed E-state index contributed by atoms with van der Waals surface area (Å²) in [5.74, 6) is 1.31. The van der Waals surface area contributed by atoms with Gasteiger partial charge in [0.1, 0.15) is 22.8 Å². The van der Waals surface area contributed by atoms with Gasteiger partial charge in [0.15, 0.2) is 6.61 Å². The molecule has 33 heavy (non-hydrogen) atoms. The minimum atomic E-state index is -0.474. The van der Waals surface area contributed by atoms with E-state index in [0.717, 1.165) is 11.0 Å². The van der Waals surface area contributed by atoms with Crippen LogP contribution < -0.4 is 14.8 Å². The molecule has 8 nitrogen and oxygen atoms in total. The molecule has 0 radical (unpaired) electrons. The molecule has 1 heterocycles. The fourth-order valence-corrected chi connectivity index (χ4v) is 3.47. The van der Waals surface area contributed by atoms with Crippen molar-refractivity contribution in [3.63, 3.8) is 0 Å². The van der Waals surface area contributed by atoms with Crippen LogP contribution in [0.15, 0.2) is 77.2 Å². The van der Waals surface area contributed by atoms with Crippen molar-refractivity contribution in [3.05, 3.63) is 88.7 Å². The third-order valence-electron chi connectivity index (χ3n) is 5.18. The number of nitrogens with one attached hydrogen (secondary N) is 1. The van der Waals surface area contributed by atoms with Crippen LogP contribution in [-0.2, 0) is 4.79 Å². The molecule has 0 bridgehead atoms. The van der Waals surface area contributed by atoms with E-state index in [4.69, 9.17) is 13.9 Å². The number of nitro benzene ring substituents is 1. The van der Waals surface area contributed by atoms with E-state index < -0.39 is 4.92 Å². The van der Waals surface area contributed by atoms with Crippen LogP contribution in [0.3, 0.4) is 0 Å². The van der Waals surface area contributed by atoms with Gasteiger partial charge in [-0.2, -0.15) is 0 Å². The second-order valence-electron chi connectivity index (χ2n) is 7.43. The molecule has 8 heteroatoms. The van der Waals surface area contributed by atoms with Crippen LogP contribution in [0, 0.1) is 10.1 Å². The molecule has 0 saturated carbocycles. The summed E-state index contributed by atoms with van der Waals surface area (Å²) < 4.78 is 16.7. The van der Waals surface area contributed by atoms with E-state index in [0.29, 0.717) is 28.4 Å². The van der Waals surface area contributed by atoms with E-state index in [9.17, 15) is 14.9 Å². The first-order chi connectivity index (χ1) is 15.9. The summed E-state index contributed by atoms with van der Waals surface area (Å²) in [4.78, 5) is 23.3. The van der Waals surface area contributed by atoms with E-state index >= 15 is 0 Å². The van der Waals surface area contributed by atoms with E-state index in [1.807, 2.05) is 37.3 Å². The maximum absolute atomic E-state index is 12.5. The Balaban J connectivity index is 1.48. The molecule has 1 unspecified atom stereocenters. The summed E-state index contributed by atoms with van der Waals surface area (Å²) in [6.07, 6.45) is 0. The molecule has 0 saturated heterocycles. The lowest BCUT2D eigenvalue weighted by molar-refractivity contribution is -0.384. The Bertz CT molecular complexity index is 1260. The molecule has 1 amide bonds. The van der Waals surface area contributed by atoms with Crippen molar-refractivity contribution in [2.75, 3.05) is 13.7 Å². The highest BCUT2D eigenvalue weighted by atomic mass is 16.6. The number of methoxy groups -OCH3 is 1. The van der Waals surface area contributed by atoms with Gasteiger partial charge in [0.2, 0.25) is 0 Å². The number of benzene rings is 3. The first-order valence-electron chi connectivity index (χ1n) is 10.3. The Kier molecular flexibility index (Phi) is 6.26. The highest BCUT2D eigenvalue weighted by Crippen LogP contribution is 2.34. The summed E-state index contributed by atoms with van der Waals surface area (Å²) in [7, 11) is 1.56. The number of nitrogens with zero attached hydrogens (tertiary/aromatic N) is 1. The Morgan fingerprint density at radius 2 is 1.85 bits per heavy atom. The second kappa shape index (κ2) is 9.44. The van der Waals surface area contributed by atoms with E-state index in [1.165, 1.54) is 18.2 Å². The van der Waals surface area contributed by atoms with E-state index in [2.05, 4.69) is 5.32 Å². The molecule has 1 atom stereocenters. The van der Waals surface area contributed by atoms with Crippen molar-refractivity contribution < 1.29 is 23.6 Å². The van der Waals surface area contributed by atoms with Gasteiger partial charge in [-0.1, -0.05) is 30.3 Å². The number of carbonyl (C=O) groups excluding carboxylic acids is 1. The zero-order valence-electron chi connectivity index (χ0n) is 18.1. The standard InChI is InChI=1S/C25H22N2O6/c1-16(24-13-18-5-3-4-6-22(18)33-24)26-25(28)15-32-23-12-9-19(27(29)30)14-21(23)17-7-10-20(31-2)11-8-17/h3-14,16H,15H2,1-2H3,(H,26,28). The average Bonchev–Trinajstić information content (AvgIpc) is 3.27. The van der Waals surface area contributed by atoms with Crippen LogP contribution in [-0.4, -0.2) is 24.5 Å². The monoisotopic (exact) mass is 446 g/mol. The van der Waals surface area contributed by atoms with Crippen molar-refractivity contribution in [2.45, 2.75) is 13.0 Å². The molecule has 4 rings (SSSR count). The highest BCUT2D eigenvalue weighted by Gasteiger charge is 2.17. The third kappa shape index (κ3) is 4.95. The molecule has 3 aromatic carbocycles. The molecule has 0 aliphatic carbocycles. The maximum atomic E-state index is 12.5. The Labute approximate surface area is 189 Å². The number of hydrogen-bond donors (Lipinski definition) is 1. The molecule has 0 aliphatic rings. The molecule has 4 aromatic rings. The number of rotatable bonds is 8. The van der Waals surface area contributed by atoms with Crippen LogP contribution in [0.2, 0.25) is 0 Å². The van der Waals surface area contributed by atoms with Crippen molar-refractivity contribution in [3.8, 4) is 22.6 Å². The first-order valence-corrected chi connectivity index (χ1v) is 10.3. The Morgan fingerprint density at radius 1 is 1.09 bits per heavy atom. The molecule has 168 valence electrons. The smallest absolute Gasteiger partial charge is 0.270 e. The predicted octanol–water partition coefficient (Wildman–Crippen LogP) is 5.27. The van der Waals surface area contributed by atoms with Crippen molar-refractivity contribution in [1.29, 1.82) is 0 Å². The number of nitro groups is 1. The largest absolute Gasteiger partial charge is 0.497 e. The lowest BCUT2D eigenvalue weighted by Gasteiger charge is -2.14. The minimum absolute atomic E-state index is 0.0730. The van der Waals surface area contributed by atoms with Crippen LogP contribution >= 0.6 is 0 Å². The fraction of sp³-hybridized carbons (Fsp3) is 0.160. The van der Waals surface area contributed by atoms with Gasteiger partial charge < -0.3 is 19.2 Å². The summed E-state index contributed by atoms with van der Waals surface area (Å²) in [5, 5.41) is 15.1. The lowest BCUT2D eigenvalue weighted by atomic mass is 10.0. The average molecular weight is 446 g/mol.